The van der Waals surface area contributed by atoms with E-state index in [1.54, 1.807) is 0 Å². The first-order chi connectivity index (χ1) is 7.84. The summed E-state index contributed by atoms with van der Waals surface area (Å²) < 4.78 is 0. The van der Waals surface area contributed by atoms with E-state index in [9.17, 15) is 0 Å². The molecule has 2 heteroatoms. The summed E-state index contributed by atoms with van der Waals surface area (Å²) in [6, 6.07) is 1.24. The first-order valence-electron chi connectivity index (χ1n) is 7.32. The van der Waals surface area contributed by atoms with Crippen LogP contribution in [-0.4, -0.2) is 36.6 Å². The zero-order chi connectivity index (χ0) is 13.5. The van der Waals surface area contributed by atoms with Crippen LogP contribution >= 0.6 is 0 Å². The summed E-state index contributed by atoms with van der Waals surface area (Å²) in [6.45, 7) is 19.6. The summed E-state index contributed by atoms with van der Waals surface area (Å²) in [5.41, 5.74) is 0.393. The highest BCUT2D eigenvalue weighted by Crippen LogP contribution is 2.23. The molecule has 0 radical (unpaired) electrons. The summed E-state index contributed by atoms with van der Waals surface area (Å²) in [6.07, 6.45) is 2.48. The molecule has 1 atom stereocenters. The van der Waals surface area contributed by atoms with E-state index in [2.05, 4.69) is 58.7 Å². The number of nitrogens with zero attached hydrogens (tertiary/aromatic N) is 1. The summed E-state index contributed by atoms with van der Waals surface area (Å²) in [7, 11) is 0. The molecule has 17 heavy (non-hydrogen) atoms. The monoisotopic (exact) mass is 242 g/mol. The van der Waals surface area contributed by atoms with Crippen molar-refractivity contribution in [2.45, 2.75) is 73.4 Å². The van der Waals surface area contributed by atoms with E-state index in [1.807, 2.05) is 0 Å². The largest absolute Gasteiger partial charge is 0.314 e. The van der Waals surface area contributed by atoms with Gasteiger partial charge in [-0.05, 0) is 38.6 Å². The molecule has 0 aliphatic heterocycles. The third-order valence-corrected chi connectivity index (χ3v) is 3.62. The standard InChI is InChI=1S/C15H34N2/c1-8-10-17(14(5)6)12-15(7,9-2)11-16-13(3)4/h13-14,16H,8-12H2,1-7H3. The van der Waals surface area contributed by atoms with Crippen molar-refractivity contribution in [1.82, 2.24) is 10.2 Å². The van der Waals surface area contributed by atoms with E-state index in [0.717, 1.165) is 6.54 Å². The fourth-order valence-electron chi connectivity index (χ4n) is 2.04. The second-order valence-corrected chi connectivity index (χ2v) is 6.26. The first-order valence-corrected chi connectivity index (χ1v) is 7.32. The minimum Gasteiger partial charge on any atom is -0.314 e. The van der Waals surface area contributed by atoms with Crippen LogP contribution in [0, 0.1) is 5.41 Å². The predicted molar refractivity (Wildman–Crippen MR) is 78.5 cm³/mol. The van der Waals surface area contributed by atoms with Crippen LogP contribution in [0.4, 0.5) is 0 Å². The maximum atomic E-state index is 3.60. The molecule has 0 spiro atoms. The topological polar surface area (TPSA) is 15.3 Å². The Hall–Kier alpha value is -0.0800. The summed E-state index contributed by atoms with van der Waals surface area (Å²) >= 11 is 0. The van der Waals surface area contributed by atoms with Gasteiger partial charge in [0.25, 0.3) is 0 Å². The van der Waals surface area contributed by atoms with Crippen LogP contribution in [-0.2, 0) is 0 Å². The van der Waals surface area contributed by atoms with Crippen molar-refractivity contribution in [2.75, 3.05) is 19.6 Å². The Bertz CT molecular complexity index is 189. The third-order valence-electron chi connectivity index (χ3n) is 3.62. The van der Waals surface area contributed by atoms with Gasteiger partial charge in [-0.1, -0.05) is 34.6 Å². The molecule has 0 bridgehead atoms. The quantitative estimate of drug-likeness (QED) is 0.665. The van der Waals surface area contributed by atoms with Crippen LogP contribution in [0.3, 0.4) is 0 Å². The minimum atomic E-state index is 0.393. The van der Waals surface area contributed by atoms with E-state index < -0.39 is 0 Å². The molecule has 2 nitrogen and oxygen atoms in total. The Morgan fingerprint density at radius 1 is 1.12 bits per heavy atom. The highest BCUT2D eigenvalue weighted by molar-refractivity contribution is 4.81. The van der Waals surface area contributed by atoms with Gasteiger partial charge in [0.1, 0.15) is 0 Å². The molecule has 0 amide bonds. The van der Waals surface area contributed by atoms with Gasteiger partial charge in [-0.3, -0.25) is 0 Å². The molecule has 0 aromatic rings. The Morgan fingerprint density at radius 2 is 1.71 bits per heavy atom. The zero-order valence-corrected chi connectivity index (χ0v) is 13.1. The lowest BCUT2D eigenvalue weighted by molar-refractivity contribution is 0.125. The van der Waals surface area contributed by atoms with Gasteiger partial charge in [0.2, 0.25) is 0 Å². The van der Waals surface area contributed by atoms with Gasteiger partial charge in [0, 0.05) is 25.2 Å². The normalized spacial score (nSPS) is 15.9. The first kappa shape index (κ1) is 16.9. The summed E-state index contributed by atoms with van der Waals surface area (Å²) in [5, 5.41) is 3.60. The van der Waals surface area contributed by atoms with Crippen LogP contribution in [0.15, 0.2) is 0 Å². The van der Waals surface area contributed by atoms with Crippen LogP contribution in [0.5, 0.6) is 0 Å². The summed E-state index contributed by atoms with van der Waals surface area (Å²) in [4.78, 5) is 2.62. The Labute approximate surface area is 109 Å². The van der Waals surface area contributed by atoms with Crippen LogP contribution < -0.4 is 5.32 Å². The molecule has 1 N–H and O–H groups in total. The van der Waals surface area contributed by atoms with Gasteiger partial charge in [-0.2, -0.15) is 0 Å². The van der Waals surface area contributed by atoms with Gasteiger partial charge in [-0.15, -0.1) is 0 Å². The third kappa shape index (κ3) is 7.05. The molecular weight excluding hydrogens is 208 g/mol. The lowest BCUT2D eigenvalue weighted by Crippen LogP contribution is -2.46. The molecule has 0 aromatic heterocycles. The molecule has 0 aromatic carbocycles. The number of nitrogens with one attached hydrogen (secondary N) is 1. The van der Waals surface area contributed by atoms with Crippen molar-refractivity contribution in [3.05, 3.63) is 0 Å². The second-order valence-electron chi connectivity index (χ2n) is 6.26. The molecular formula is C15H34N2. The van der Waals surface area contributed by atoms with Gasteiger partial charge in [-0.25, -0.2) is 0 Å². The number of rotatable bonds is 9. The van der Waals surface area contributed by atoms with E-state index in [-0.39, 0.29) is 0 Å². The van der Waals surface area contributed by atoms with Crippen molar-refractivity contribution in [1.29, 1.82) is 0 Å². The lowest BCUT2D eigenvalue weighted by atomic mass is 9.86. The maximum absolute atomic E-state index is 3.60. The van der Waals surface area contributed by atoms with E-state index in [1.165, 1.54) is 25.9 Å². The smallest absolute Gasteiger partial charge is 0.00501 e. The summed E-state index contributed by atoms with van der Waals surface area (Å²) in [5.74, 6) is 0. The van der Waals surface area contributed by atoms with Gasteiger partial charge in [0.05, 0.1) is 0 Å². The van der Waals surface area contributed by atoms with Crippen molar-refractivity contribution in [3.8, 4) is 0 Å². The molecule has 0 aliphatic carbocycles. The molecule has 1 unspecified atom stereocenters. The van der Waals surface area contributed by atoms with Crippen molar-refractivity contribution < 1.29 is 0 Å². The molecule has 104 valence electrons. The van der Waals surface area contributed by atoms with Crippen molar-refractivity contribution >= 4 is 0 Å². The predicted octanol–water partition coefficient (Wildman–Crippen LogP) is 3.52. The Morgan fingerprint density at radius 3 is 2.06 bits per heavy atom. The van der Waals surface area contributed by atoms with E-state index >= 15 is 0 Å². The van der Waals surface area contributed by atoms with Crippen molar-refractivity contribution in [3.63, 3.8) is 0 Å². The Kier molecular flexibility index (Phi) is 8.06. The highest BCUT2D eigenvalue weighted by Gasteiger charge is 2.26. The van der Waals surface area contributed by atoms with Crippen LogP contribution in [0.25, 0.3) is 0 Å². The van der Waals surface area contributed by atoms with Crippen molar-refractivity contribution in [2.24, 2.45) is 5.41 Å². The minimum absolute atomic E-state index is 0.393. The van der Waals surface area contributed by atoms with Crippen LogP contribution in [0.1, 0.15) is 61.3 Å². The van der Waals surface area contributed by atoms with Gasteiger partial charge < -0.3 is 10.2 Å². The SMILES string of the molecule is CCCN(CC(C)(CC)CNC(C)C)C(C)C. The maximum Gasteiger partial charge on any atom is 0.00501 e. The average molecular weight is 242 g/mol. The second kappa shape index (κ2) is 8.10. The lowest BCUT2D eigenvalue weighted by Gasteiger charge is -2.37. The molecule has 0 aliphatic rings. The van der Waals surface area contributed by atoms with E-state index in [4.69, 9.17) is 0 Å². The molecule has 0 saturated carbocycles. The molecule has 0 rings (SSSR count). The van der Waals surface area contributed by atoms with E-state index in [0.29, 0.717) is 17.5 Å². The fourth-order valence-corrected chi connectivity index (χ4v) is 2.04. The number of hydrogen-bond donors (Lipinski definition) is 1. The number of hydrogen-bond acceptors (Lipinski definition) is 2. The molecule has 0 fully saturated rings. The Balaban J connectivity index is 4.40. The zero-order valence-electron chi connectivity index (χ0n) is 13.1. The average Bonchev–Trinajstić information content (AvgIpc) is 2.26. The molecule has 0 heterocycles. The van der Waals surface area contributed by atoms with Gasteiger partial charge in [0.15, 0.2) is 0 Å². The van der Waals surface area contributed by atoms with Crippen LogP contribution in [0.2, 0.25) is 0 Å². The fraction of sp³-hybridized carbons (Fsp3) is 1.00. The molecule has 0 saturated heterocycles. The highest BCUT2D eigenvalue weighted by atomic mass is 15.2. The van der Waals surface area contributed by atoms with Gasteiger partial charge >= 0.3 is 0 Å².